The Morgan fingerprint density at radius 2 is 2.22 bits per heavy atom. The van der Waals surface area contributed by atoms with Gasteiger partial charge in [0, 0.05) is 25.8 Å². The summed E-state index contributed by atoms with van der Waals surface area (Å²) in [7, 11) is -3.66. The van der Waals surface area contributed by atoms with E-state index in [2.05, 4.69) is 22.1 Å². The van der Waals surface area contributed by atoms with E-state index in [1.54, 1.807) is 6.07 Å². The van der Waals surface area contributed by atoms with Gasteiger partial charge < -0.3 is 10.2 Å². The van der Waals surface area contributed by atoms with E-state index in [0.29, 0.717) is 6.04 Å². The maximum atomic E-state index is 11.2. The molecule has 1 saturated heterocycles. The number of hydrogen-bond donors (Lipinski definition) is 2. The van der Waals surface area contributed by atoms with Gasteiger partial charge in [0.15, 0.2) is 0 Å². The zero-order valence-electron chi connectivity index (χ0n) is 10.3. The molecule has 0 saturated carbocycles. The summed E-state index contributed by atoms with van der Waals surface area (Å²) in [4.78, 5) is 6.45. The fraction of sp³-hybridized carbons (Fsp3) is 0.545. The summed E-state index contributed by atoms with van der Waals surface area (Å²) in [5, 5.41) is 8.27. The van der Waals surface area contributed by atoms with E-state index >= 15 is 0 Å². The van der Waals surface area contributed by atoms with E-state index in [1.165, 1.54) is 12.3 Å². The van der Waals surface area contributed by atoms with Crippen LogP contribution in [0.1, 0.15) is 13.3 Å². The summed E-state index contributed by atoms with van der Waals surface area (Å²) >= 11 is 0. The van der Waals surface area contributed by atoms with Crippen LogP contribution in [0.15, 0.2) is 23.2 Å². The van der Waals surface area contributed by atoms with Crippen LogP contribution in [-0.4, -0.2) is 39.1 Å². The molecular formula is C11H18N4O2S. The van der Waals surface area contributed by atoms with Crippen LogP contribution in [0.2, 0.25) is 0 Å². The van der Waals surface area contributed by atoms with Crippen LogP contribution in [0, 0.1) is 0 Å². The number of nitrogens with zero attached hydrogens (tertiary/aromatic N) is 2. The first-order chi connectivity index (χ1) is 8.52. The Labute approximate surface area is 107 Å². The van der Waals surface area contributed by atoms with E-state index in [1.807, 2.05) is 0 Å². The summed E-state index contributed by atoms with van der Waals surface area (Å²) in [6.07, 6.45) is 2.34. The summed E-state index contributed by atoms with van der Waals surface area (Å²) in [6, 6.07) is 3.66. The third kappa shape index (κ3) is 2.80. The van der Waals surface area contributed by atoms with Crippen molar-refractivity contribution in [3.05, 3.63) is 18.3 Å². The Bertz CT molecular complexity index is 496. The second-order valence-corrected chi connectivity index (χ2v) is 5.96. The van der Waals surface area contributed by atoms with Crippen molar-refractivity contribution in [3.63, 3.8) is 0 Å². The monoisotopic (exact) mass is 270 g/mol. The van der Waals surface area contributed by atoms with E-state index < -0.39 is 10.0 Å². The highest BCUT2D eigenvalue weighted by Crippen LogP contribution is 2.18. The minimum atomic E-state index is -3.66. The van der Waals surface area contributed by atoms with Crippen molar-refractivity contribution in [1.29, 1.82) is 0 Å². The van der Waals surface area contributed by atoms with Crippen LogP contribution in [-0.2, 0) is 10.0 Å². The fourth-order valence-corrected chi connectivity index (χ4v) is 2.39. The molecule has 0 bridgehead atoms. The normalized spacial score (nSPS) is 16.3. The lowest BCUT2D eigenvalue weighted by Gasteiger charge is -2.39. The second kappa shape index (κ2) is 5.21. The van der Waals surface area contributed by atoms with E-state index in [9.17, 15) is 8.42 Å². The van der Waals surface area contributed by atoms with E-state index in [4.69, 9.17) is 5.14 Å². The van der Waals surface area contributed by atoms with Gasteiger partial charge in [0.25, 0.3) is 0 Å². The maximum Gasteiger partial charge on any atom is 0.239 e. The van der Waals surface area contributed by atoms with E-state index in [-0.39, 0.29) is 4.90 Å². The minimum absolute atomic E-state index is 0.0504. The average molecular weight is 270 g/mol. The Kier molecular flexibility index (Phi) is 3.84. The number of nitrogens with two attached hydrogens (primary N) is 1. The first-order valence-corrected chi connectivity index (χ1v) is 7.53. The van der Waals surface area contributed by atoms with Gasteiger partial charge in [0.2, 0.25) is 10.0 Å². The Morgan fingerprint density at radius 3 is 2.61 bits per heavy atom. The van der Waals surface area contributed by atoms with Crippen molar-refractivity contribution in [2.45, 2.75) is 24.3 Å². The van der Waals surface area contributed by atoms with Gasteiger partial charge in [0.1, 0.15) is 10.7 Å². The largest absolute Gasteiger partial charge is 0.351 e. The topological polar surface area (TPSA) is 88.3 Å². The van der Waals surface area contributed by atoms with E-state index in [0.717, 1.165) is 31.9 Å². The minimum Gasteiger partial charge on any atom is -0.351 e. The number of rotatable bonds is 5. The van der Waals surface area contributed by atoms with Crippen molar-refractivity contribution in [2.24, 2.45) is 5.14 Å². The Morgan fingerprint density at radius 1 is 1.50 bits per heavy atom. The molecule has 1 fully saturated rings. The highest BCUT2D eigenvalue weighted by atomic mass is 32.2. The number of anilines is 1. The molecule has 2 rings (SSSR count). The lowest BCUT2D eigenvalue weighted by Crippen LogP contribution is -2.57. The molecule has 0 aliphatic carbocycles. The van der Waals surface area contributed by atoms with Gasteiger partial charge in [-0.15, -0.1) is 0 Å². The zero-order chi connectivity index (χ0) is 13.2. The number of nitrogens with one attached hydrogen (secondary N) is 1. The summed E-state index contributed by atoms with van der Waals surface area (Å²) in [5.41, 5.74) is 0. The van der Waals surface area contributed by atoms with Gasteiger partial charge in [0.05, 0.1) is 6.04 Å². The van der Waals surface area contributed by atoms with Crippen LogP contribution in [0.25, 0.3) is 0 Å². The molecule has 1 aliphatic rings. The van der Waals surface area contributed by atoms with Crippen molar-refractivity contribution in [3.8, 4) is 0 Å². The average Bonchev–Trinajstić information content (AvgIpc) is 2.25. The van der Waals surface area contributed by atoms with Crippen LogP contribution in [0.3, 0.4) is 0 Å². The molecule has 7 heteroatoms. The van der Waals surface area contributed by atoms with Gasteiger partial charge in [-0.1, -0.05) is 6.92 Å². The predicted octanol–water partition coefficient (Wildman–Crippen LogP) is -0.0828. The number of hydrogen-bond acceptors (Lipinski definition) is 5. The quantitative estimate of drug-likeness (QED) is 0.781. The molecule has 2 heterocycles. The summed E-state index contributed by atoms with van der Waals surface area (Å²) in [6.45, 7) is 4.91. The van der Waals surface area contributed by atoms with Crippen molar-refractivity contribution in [1.82, 2.24) is 10.3 Å². The SMILES string of the molecule is CCCN(c1ccc(S(N)(=O)=O)cn1)C1CNC1. The highest BCUT2D eigenvalue weighted by molar-refractivity contribution is 7.89. The molecule has 6 nitrogen and oxygen atoms in total. The van der Waals surface area contributed by atoms with Crippen molar-refractivity contribution < 1.29 is 8.42 Å². The smallest absolute Gasteiger partial charge is 0.239 e. The van der Waals surface area contributed by atoms with Crippen LogP contribution in [0.5, 0.6) is 0 Å². The summed E-state index contributed by atoms with van der Waals surface area (Å²) < 4.78 is 22.3. The van der Waals surface area contributed by atoms with Gasteiger partial charge in [-0.3, -0.25) is 0 Å². The predicted molar refractivity (Wildman–Crippen MR) is 69.9 cm³/mol. The van der Waals surface area contributed by atoms with Gasteiger partial charge >= 0.3 is 0 Å². The maximum absolute atomic E-state index is 11.2. The number of pyridine rings is 1. The molecule has 0 unspecified atom stereocenters. The zero-order valence-corrected chi connectivity index (χ0v) is 11.2. The third-order valence-corrected chi connectivity index (χ3v) is 3.91. The standard InChI is InChI=1S/C11H18N4O2S/c1-2-5-15(9-6-13-7-9)11-4-3-10(8-14-11)18(12,16)17/h3-4,8-9,13H,2,5-7H2,1H3,(H2,12,16,17). The molecule has 100 valence electrons. The molecule has 1 aromatic heterocycles. The molecule has 1 aliphatic heterocycles. The van der Waals surface area contributed by atoms with Crippen LogP contribution >= 0.6 is 0 Å². The first kappa shape index (κ1) is 13.3. The second-order valence-electron chi connectivity index (χ2n) is 4.40. The van der Waals surface area contributed by atoms with Gasteiger partial charge in [-0.2, -0.15) is 0 Å². The third-order valence-electron chi connectivity index (χ3n) is 3.01. The molecule has 0 amide bonds. The molecule has 1 aromatic rings. The van der Waals surface area contributed by atoms with Crippen molar-refractivity contribution >= 4 is 15.8 Å². The lowest BCUT2D eigenvalue weighted by atomic mass is 10.1. The van der Waals surface area contributed by atoms with Crippen LogP contribution in [0.4, 0.5) is 5.82 Å². The fourth-order valence-electron chi connectivity index (χ4n) is 1.93. The number of primary sulfonamides is 1. The molecular weight excluding hydrogens is 252 g/mol. The summed E-state index contributed by atoms with van der Waals surface area (Å²) in [5.74, 6) is 0.802. The first-order valence-electron chi connectivity index (χ1n) is 5.98. The molecule has 0 spiro atoms. The Balaban J connectivity index is 2.20. The molecule has 3 N–H and O–H groups in total. The van der Waals surface area contributed by atoms with Gasteiger partial charge in [-0.05, 0) is 18.6 Å². The van der Waals surface area contributed by atoms with Crippen LogP contribution < -0.4 is 15.4 Å². The molecule has 0 atom stereocenters. The molecule has 0 radical (unpaired) electrons. The van der Waals surface area contributed by atoms with Crippen molar-refractivity contribution in [2.75, 3.05) is 24.5 Å². The number of sulfonamides is 1. The lowest BCUT2D eigenvalue weighted by molar-refractivity contribution is 0.410. The Hall–Kier alpha value is -1.18. The highest BCUT2D eigenvalue weighted by Gasteiger charge is 2.25. The number of aromatic nitrogens is 1. The molecule has 18 heavy (non-hydrogen) atoms. The van der Waals surface area contributed by atoms with Gasteiger partial charge in [-0.25, -0.2) is 18.5 Å². The molecule has 0 aromatic carbocycles.